The van der Waals surface area contributed by atoms with Gasteiger partial charge in [-0.2, -0.15) is 0 Å². The molecule has 1 N–H and O–H groups in total. The number of fused-ring (bicyclic) bond motifs is 1. The fraction of sp³-hybridized carbons (Fsp3) is 0.375. The van der Waals surface area contributed by atoms with Crippen LogP contribution < -0.4 is 16.6 Å². The monoisotopic (exact) mass is 560 g/mol. The number of alkyl carbamates (subject to hydrolysis) is 1. The third-order valence-corrected chi connectivity index (χ3v) is 7.29. The number of nitrogens with one attached hydrogen (secondary N) is 1. The lowest BCUT2D eigenvalue weighted by Gasteiger charge is -2.31. The average molecular weight is 561 g/mol. The first-order valence-corrected chi connectivity index (χ1v) is 13.8. The standard InChI is InChI=1S/C32H37FN4O4/c1-7-8-10-20(2)21(3)22-11-9-12-26(17-22)36-28-27(18-23(33)19-34-28)29(38)37(31(36)40)25-15-13-24(14-16-25)35-30(39)41-32(4,5)6/h7-12,17-19,24-25H,1,13-16H2,2-6H3,(H,35,39)/b10-8-,21-20+. The first-order chi connectivity index (χ1) is 19.4. The minimum Gasteiger partial charge on any atom is -0.444 e. The minimum atomic E-state index is -0.659. The van der Waals surface area contributed by atoms with E-state index in [9.17, 15) is 18.8 Å². The average Bonchev–Trinajstić information content (AvgIpc) is 2.92. The van der Waals surface area contributed by atoms with E-state index in [1.807, 2.05) is 44.2 Å². The lowest BCUT2D eigenvalue weighted by Crippen LogP contribution is -2.45. The van der Waals surface area contributed by atoms with Crippen molar-refractivity contribution in [2.75, 3.05) is 0 Å². The van der Waals surface area contributed by atoms with Gasteiger partial charge in [0.1, 0.15) is 11.4 Å². The summed E-state index contributed by atoms with van der Waals surface area (Å²) in [6, 6.07) is 8.00. The molecular formula is C32H37FN4O4. The Hall–Kier alpha value is -4.27. The van der Waals surface area contributed by atoms with E-state index in [4.69, 9.17) is 4.74 Å². The minimum absolute atomic E-state index is 0.0290. The Morgan fingerprint density at radius 3 is 2.51 bits per heavy atom. The van der Waals surface area contributed by atoms with Gasteiger partial charge in [0.05, 0.1) is 17.3 Å². The molecule has 4 rings (SSSR count). The quantitative estimate of drug-likeness (QED) is 0.361. The van der Waals surface area contributed by atoms with Crippen LogP contribution >= 0.6 is 0 Å². The van der Waals surface area contributed by atoms with Crippen molar-refractivity contribution in [3.05, 3.63) is 99.1 Å². The lowest BCUT2D eigenvalue weighted by molar-refractivity contribution is 0.0487. The Morgan fingerprint density at radius 1 is 1.15 bits per heavy atom. The topological polar surface area (TPSA) is 95.2 Å². The fourth-order valence-corrected chi connectivity index (χ4v) is 5.13. The molecule has 8 nitrogen and oxygen atoms in total. The third-order valence-electron chi connectivity index (χ3n) is 7.29. The Labute approximate surface area is 238 Å². The highest BCUT2D eigenvalue weighted by molar-refractivity contribution is 5.77. The molecular weight excluding hydrogens is 523 g/mol. The molecule has 0 aliphatic heterocycles. The molecule has 1 amide bonds. The van der Waals surface area contributed by atoms with Gasteiger partial charge in [-0.05, 0) is 95.2 Å². The molecule has 1 aliphatic rings. The number of ether oxygens (including phenoxy) is 1. The van der Waals surface area contributed by atoms with Gasteiger partial charge in [0, 0.05) is 12.1 Å². The number of benzene rings is 1. The largest absolute Gasteiger partial charge is 0.444 e. The van der Waals surface area contributed by atoms with Crippen molar-refractivity contribution in [2.24, 2.45) is 0 Å². The molecule has 216 valence electrons. The van der Waals surface area contributed by atoms with E-state index >= 15 is 0 Å². The summed E-state index contributed by atoms with van der Waals surface area (Å²) >= 11 is 0. The summed E-state index contributed by atoms with van der Waals surface area (Å²) in [7, 11) is 0. The molecule has 1 fully saturated rings. The SMILES string of the molecule is C=C/C=C\C(C)=C(/C)c1cccc(-n2c(=O)n(C3CCC(NC(=O)OC(C)(C)C)CC3)c(=O)c3cc(F)cnc32)c1. The van der Waals surface area contributed by atoms with Crippen LogP contribution in [0.25, 0.3) is 22.3 Å². The second kappa shape index (κ2) is 12.1. The van der Waals surface area contributed by atoms with Crippen molar-refractivity contribution in [3.8, 4) is 5.69 Å². The van der Waals surface area contributed by atoms with Gasteiger partial charge in [-0.3, -0.25) is 9.36 Å². The van der Waals surface area contributed by atoms with Crippen LogP contribution in [0, 0.1) is 5.82 Å². The van der Waals surface area contributed by atoms with E-state index in [1.54, 1.807) is 32.9 Å². The number of pyridine rings is 1. The molecule has 0 spiro atoms. The second-order valence-electron chi connectivity index (χ2n) is 11.4. The number of halogens is 1. The Morgan fingerprint density at radius 2 is 1.85 bits per heavy atom. The van der Waals surface area contributed by atoms with Crippen LogP contribution in [0.3, 0.4) is 0 Å². The van der Waals surface area contributed by atoms with Gasteiger partial charge in [0.25, 0.3) is 5.56 Å². The van der Waals surface area contributed by atoms with Crippen molar-refractivity contribution in [3.63, 3.8) is 0 Å². The maximum atomic E-state index is 14.3. The molecule has 0 bridgehead atoms. The number of amides is 1. The highest BCUT2D eigenvalue weighted by Crippen LogP contribution is 2.28. The first kappa shape index (κ1) is 29.7. The molecule has 1 aliphatic carbocycles. The van der Waals surface area contributed by atoms with Gasteiger partial charge >= 0.3 is 11.8 Å². The Balaban J connectivity index is 1.75. The number of nitrogens with zero attached hydrogens (tertiary/aromatic N) is 3. The van der Waals surface area contributed by atoms with Crippen molar-refractivity contribution >= 4 is 22.7 Å². The van der Waals surface area contributed by atoms with E-state index in [2.05, 4.69) is 16.9 Å². The summed E-state index contributed by atoms with van der Waals surface area (Å²) in [5.41, 5.74) is 1.82. The molecule has 41 heavy (non-hydrogen) atoms. The van der Waals surface area contributed by atoms with Crippen LogP contribution in [0.2, 0.25) is 0 Å². The summed E-state index contributed by atoms with van der Waals surface area (Å²) in [6.45, 7) is 13.1. The molecule has 3 aromatic rings. The van der Waals surface area contributed by atoms with Crippen LogP contribution in [0.1, 0.15) is 71.9 Å². The Bertz CT molecular complexity index is 1650. The number of aromatic nitrogens is 3. The van der Waals surface area contributed by atoms with Gasteiger partial charge in [-0.1, -0.05) is 36.9 Å². The summed E-state index contributed by atoms with van der Waals surface area (Å²) in [5.74, 6) is -0.659. The zero-order valence-corrected chi connectivity index (χ0v) is 24.2. The van der Waals surface area contributed by atoms with E-state index < -0.39 is 34.8 Å². The van der Waals surface area contributed by atoms with Crippen LogP contribution in [0.15, 0.2) is 76.5 Å². The van der Waals surface area contributed by atoms with Gasteiger partial charge in [0.15, 0.2) is 5.65 Å². The molecule has 1 saturated carbocycles. The number of hydrogen-bond donors (Lipinski definition) is 1. The molecule has 2 aromatic heterocycles. The molecule has 0 radical (unpaired) electrons. The first-order valence-electron chi connectivity index (χ1n) is 13.8. The smallest absolute Gasteiger partial charge is 0.407 e. The molecule has 1 aromatic carbocycles. The number of allylic oxidation sites excluding steroid dienone is 5. The molecule has 0 atom stereocenters. The number of carbonyl (C=O) groups excluding carboxylic acids is 1. The molecule has 0 saturated heterocycles. The van der Waals surface area contributed by atoms with Crippen LogP contribution in [-0.2, 0) is 4.74 Å². The zero-order valence-electron chi connectivity index (χ0n) is 24.2. The predicted octanol–water partition coefficient (Wildman–Crippen LogP) is 6.23. The highest BCUT2D eigenvalue weighted by Gasteiger charge is 2.29. The Kier molecular flexibility index (Phi) is 8.75. The zero-order chi connectivity index (χ0) is 29.9. The summed E-state index contributed by atoms with van der Waals surface area (Å²) in [6.07, 6.45) is 8.12. The van der Waals surface area contributed by atoms with E-state index in [-0.39, 0.29) is 17.1 Å². The second-order valence-corrected chi connectivity index (χ2v) is 11.4. The molecule has 0 unspecified atom stereocenters. The maximum absolute atomic E-state index is 14.3. The molecule has 2 heterocycles. The number of rotatable bonds is 6. The summed E-state index contributed by atoms with van der Waals surface area (Å²) in [5, 5.41) is 2.91. The number of hydrogen-bond acceptors (Lipinski definition) is 5. The van der Waals surface area contributed by atoms with Gasteiger partial charge in [-0.25, -0.2) is 23.5 Å². The van der Waals surface area contributed by atoms with Crippen molar-refractivity contribution in [1.29, 1.82) is 0 Å². The van der Waals surface area contributed by atoms with E-state index in [0.717, 1.165) is 29.0 Å². The fourth-order valence-electron chi connectivity index (χ4n) is 5.13. The third kappa shape index (κ3) is 6.73. The number of carbonyl (C=O) groups is 1. The van der Waals surface area contributed by atoms with E-state index in [0.29, 0.717) is 31.4 Å². The predicted molar refractivity (Wildman–Crippen MR) is 160 cm³/mol. The summed E-state index contributed by atoms with van der Waals surface area (Å²) < 4.78 is 22.3. The van der Waals surface area contributed by atoms with E-state index in [1.165, 1.54) is 9.13 Å². The van der Waals surface area contributed by atoms with Crippen LogP contribution in [0.5, 0.6) is 0 Å². The highest BCUT2D eigenvalue weighted by atomic mass is 19.1. The van der Waals surface area contributed by atoms with Crippen LogP contribution in [0.4, 0.5) is 9.18 Å². The summed E-state index contributed by atoms with van der Waals surface area (Å²) in [4.78, 5) is 44.0. The maximum Gasteiger partial charge on any atom is 0.407 e. The lowest BCUT2D eigenvalue weighted by atomic mass is 9.91. The van der Waals surface area contributed by atoms with Crippen LogP contribution in [-0.4, -0.2) is 31.9 Å². The van der Waals surface area contributed by atoms with Gasteiger partial charge < -0.3 is 10.1 Å². The van der Waals surface area contributed by atoms with Crippen molar-refractivity contribution in [2.45, 2.75) is 78.0 Å². The van der Waals surface area contributed by atoms with Crippen molar-refractivity contribution in [1.82, 2.24) is 19.4 Å². The van der Waals surface area contributed by atoms with Gasteiger partial charge in [-0.15, -0.1) is 0 Å². The normalized spacial score (nSPS) is 18.3. The van der Waals surface area contributed by atoms with Crippen molar-refractivity contribution < 1.29 is 13.9 Å². The molecule has 9 heteroatoms. The van der Waals surface area contributed by atoms with Gasteiger partial charge in [0.2, 0.25) is 0 Å².